The Morgan fingerprint density at radius 3 is 2.33 bits per heavy atom. The molecule has 1 aliphatic rings. The van der Waals surface area contributed by atoms with Gasteiger partial charge in [-0.2, -0.15) is 0 Å². The normalized spacial score (nSPS) is 22.8. The minimum atomic E-state index is -0.185. The van der Waals surface area contributed by atoms with Gasteiger partial charge in [0.2, 0.25) is 0 Å². The Bertz CT molecular complexity index is 164. The Hall–Kier alpha value is 0.970. The van der Waals surface area contributed by atoms with Crippen LogP contribution in [0, 0.1) is 0 Å². The van der Waals surface area contributed by atoms with Crippen molar-refractivity contribution in [2.45, 2.75) is 3.36 Å². The zero-order valence-corrected chi connectivity index (χ0v) is 9.72. The Kier molecular flexibility index (Phi) is 2.62. The van der Waals surface area contributed by atoms with Crippen molar-refractivity contribution >= 4 is 54.7 Å². The molecule has 0 saturated carbocycles. The van der Waals surface area contributed by atoms with Crippen LogP contribution < -0.4 is 0 Å². The van der Waals surface area contributed by atoms with Crippen molar-refractivity contribution in [1.29, 1.82) is 0 Å². The zero-order chi connectivity index (χ0) is 6.91. The number of nitrogens with zero attached hydrogens (tertiary/aromatic N) is 1. The lowest BCUT2D eigenvalue weighted by Crippen LogP contribution is -2.24. The molecule has 0 atom stereocenters. The summed E-state index contributed by atoms with van der Waals surface area (Å²) in [6.45, 7) is 0. The summed E-state index contributed by atoms with van der Waals surface area (Å²) in [5.74, 6) is 0. The fourth-order valence-electron chi connectivity index (χ4n) is 0.467. The molecule has 0 radical (unpaired) electrons. The minimum Gasteiger partial charge on any atom is -0.292 e. The molecular weight excluding hydrogens is 361 g/mol. The highest BCUT2D eigenvalue weighted by molar-refractivity contribution is 14.1. The van der Waals surface area contributed by atoms with E-state index >= 15 is 0 Å². The predicted molar refractivity (Wildman–Crippen MR) is 54.7 cm³/mol. The molecule has 1 heterocycles. The molecule has 4 heteroatoms. The Morgan fingerprint density at radius 1 is 1.33 bits per heavy atom. The molecule has 9 heavy (non-hydrogen) atoms. The van der Waals surface area contributed by atoms with E-state index in [0.717, 1.165) is 0 Å². The van der Waals surface area contributed by atoms with E-state index in [4.69, 9.17) is 0 Å². The van der Waals surface area contributed by atoms with Gasteiger partial charge in [-0.3, -0.25) is 3.11 Å². The molecule has 50 valence electrons. The largest absolute Gasteiger partial charge is 0.292 e. The van der Waals surface area contributed by atoms with Gasteiger partial charge in [-0.1, -0.05) is 6.08 Å². The average molecular weight is 365 g/mol. The number of alkyl halides is 2. The van der Waals surface area contributed by atoms with Gasteiger partial charge in [-0.25, -0.2) is 0 Å². The third kappa shape index (κ3) is 1.94. The fourth-order valence-corrected chi connectivity index (χ4v) is 1.36. The Labute approximate surface area is 84.9 Å². The molecule has 0 saturated heterocycles. The molecule has 0 N–H and O–H groups in total. The van der Waals surface area contributed by atoms with Gasteiger partial charge < -0.3 is 0 Å². The van der Waals surface area contributed by atoms with Crippen molar-refractivity contribution in [3.63, 3.8) is 0 Å². The number of hydrogen-bond acceptors (Lipinski definition) is 1. The second-order valence-corrected chi connectivity index (χ2v) is 6.12. The van der Waals surface area contributed by atoms with Crippen molar-refractivity contribution in [2.75, 3.05) is 0 Å². The summed E-state index contributed by atoms with van der Waals surface area (Å²) in [5.41, 5.74) is 0. The SMILES string of the molecule is BrC1(Br)C=CC=CN1I. The van der Waals surface area contributed by atoms with Crippen molar-refractivity contribution in [2.24, 2.45) is 0 Å². The van der Waals surface area contributed by atoms with Crippen molar-refractivity contribution < 1.29 is 0 Å². The van der Waals surface area contributed by atoms with E-state index in [1.54, 1.807) is 0 Å². The van der Waals surface area contributed by atoms with E-state index in [1.807, 2.05) is 27.5 Å². The monoisotopic (exact) mass is 363 g/mol. The van der Waals surface area contributed by atoms with Crippen LogP contribution in [0.1, 0.15) is 0 Å². The number of halogens is 3. The summed E-state index contributed by atoms with van der Waals surface area (Å²) in [4.78, 5) is 0. The molecule has 0 unspecified atom stereocenters. The van der Waals surface area contributed by atoms with Gasteiger partial charge >= 0.3 is 0 Å². The summed E-state index contributed by atoms with van der Waals surface area (Å²) >= 11 is 9.11. The highest BCUT2D eigenvalue weighted by Crippen LogP contribution is 2.37. The van der Waals surface area contributed by atoms with E-state index < -0.39 is 0 Å². The molecule has 1 nitrogen and oxygen atoms in total. The van der Waals surface area contributed by atoms with Gasteiger partial charge in [-0.05, 0) is 44.0 Å². The molecule has 0 aliphatic carbocycles. The summed E-state index contributed by atoms with van der Waals surface area (Å²) in [7, 11) is 0. The molecule has 0 spiro atoms. The second-order valence-electron chi connectivity index (χ2n) is 1.60. The first-order chi connectivity index (χ1) is 4.13. The number of hydrogen-bond donors (Lipinski definition) is 0. The fraction of sp³-hybridized carbons (Fsp3) is 0.200. The highest BCUT2D eigenvalue weighted by Gasteiger charge is 2.24. The van der Waals surface area contributed by atoms with Crippen molar-refractivity contribution in [3.05, 3.63) is 24.4 Å². The van der Waals surface area contributed by atoms with Crippen LogP contribution >= 0.6 is 54.7 Å². The number of allylic oxidation sites excluding steroid dienone is 2. The van der Waals surface area contributed by atoms with Crippen LogP contribution in [-0.2, 0) is 0 Å². The summed E-state index contributed by atoms with van der Waals surface area (Å²) < 4.78 is 1.81. The van der Waals surface area contributed by atoms with Crippen LogP contribution in [0.25, 0.3) is 0 Å². The summed E-state index contributed by atoms with van der Waals surface area (Å²) in [5, 5.41) is 0. The second kappa shape index (κ2) is 2.92. The minimum absolute atomic E-state index is 0.185. The first-order valence-corrected chi connectivity index (χ1v) is 4.87. The van der Waals surface area contributed by atoms with Gasteiger partial charge in [0.15, 0.2) is 3.36 Å². The molecule has 0 bridgehead atoms. The Balaban J connectivity index is 2.78. The van der Waals surface area contributed by atoms with Gasteiger partial charge in [0.1, 0.15) is 0 Å². The molecule has 0 aromatic heterocycles. The van der Waals surface area contributed by atoms with Gasteiger partial charge in [0.25, 0.3) is 0 Å². The maximum Gasteiger partial charge on any atom is 0.178 e. The van der Waals surface area contributed by atoms with Crippen LogP contribution in [0.2, 0.25) is 0 Å². The van der Waals surface area contributed by atoms with Crippen LogP contribution in [0.4, 0.5) is 0 Å². The standard InChI is InChI=1S/C5H4Br2IN/c6-5(7)3-1-2-4-9(5)8/h1-4H. The third-order valence-corrected chi connectivity index (χ3v) is 4.61. The van der Waals surface area contributed by atoms with E-state index in [9.17, 15) is 0 Å². The van der Waals surface area contributed by atoms with Crippen molar-refractivity contribution in [3.8, 4) is 0 Å². The lowest BCUT2D eigenvalue weighted by Gasteiger charge is -2.26. The van der Waals surface area contributed by atoms with E-state index in [0.29, 0.717) is 0 Å². The van der Waals surface area contributed by atoms with Crippen LogP contribution in [0.5, 0.6) is 0 Å². The third-order valence-electron chi connectivity index (χ3n) is 0.910. The van der Waals surface area contributed by atoms with E-state index in [2.05, 4.69) is 54.7 Å². The molecule has 0 fully saturated rings. The van der Waals surface area contributed by atoms with E-state index in [1.165, 1.54) is 0 Å². The molecule has 1 aliphatic heterocycles. The van der Waals surface area contributed by atoms with Gasteiger partial charge in [0.05, 0.1) is 22.9 Å². The maximum atomic E-state index is 3.45. The maximum absolute atomic E-state index is 3.45. The number of rotatable bonds is 0. The topological polar surface area (TPSA) is 3.24 Å². The average Bonchev–Trinajstić information content (AvgIpc) is 1.77. The smallest absolute Gasteiger partial charge is 0.178 e. The van der Waals surface area contributed by atoms with Crippen molar-refractivity contribution in [1.82, 2.24) is 3.11 Å². The Morgan fingerprint density at radius 2 is 2.00 bits per heavy atom. The molecule has 0 aromatic rings. The molecular formula is C5H4Br2IN. The summed E-state index contributed by atoms with van der Waals surface area (Å²) in [6.07, 6.45) is 7.95. The van der Waals surface area contributed by atoms with E-state index in [-0.39, 0.29) is 3.36 Å². The lowest BCUT2D eigenvalue weighted by molar-refractivity contribution is 0.675. The van der Waals surface area contributed by atoms with Gasteiger partial charge in [0, 0.05) is 6.20 Å². The van der Waals surface area contributed by atoms with Crippen LogP contribution in [0.3, 0.4) is 0 Å². The molecule has 0 aromatic carbocycles. The lowest BCUT2D eigenvalue weighted by atomic mass is 10.4. The van der Waals surface area contributed by atoms with Crippen LogP contribution in [-0.4, -0.2) is 6.47 Å². The quantitative estimate of drug-likeness (QED) is 0.276. The first kappa shape index (κ1) is 8.07. The molecule has 0 amide bonds. The summed E-state index contributed by atoms with van der Waals surface area (Å²) in [6, 6.07) is 0. The predicted octanol–water partition coefficient (Wildman–Crippen LogP) is 3.17. The zero-order valence-electron chi connectivity index (χ0n) is 4.39. The molecule has 1 rings (SSSR count). The van der Waals surface area contributed by atoms with Crippen LogP contribution in [0.15, 0.2) is 24.4 Å². The van der Waals surface area contributed by atoms with Gasteiger partial charge in [-0.15, -0.1) is 0 Å². The first-order valence-electron chi connectivity index (χ1n) is 2.32. The highest BCUT2D eigenvalue weighted by atomic mass is 127.